The van der Waals surface area contributed by atoms with Gasteiger partial charge >= 0.3 is 0 Å². The van der Waals surface area contributed by atoms with Gasteiger partial charge in [-0.15, -0.1) is 0 Å². The molecule has 2 amide bonds. The van der Waals surface area contributed by atoms with Crippen LogP contribution in [0.25, 0.3) is 17.2 Å². The third-order valence-electron chi connectivity index (χ3n) is 7.64. The number of allylic oxidation sites excluding steroid dienone is 1. The van der Waals surface area contributed by atoms with Crippen LogP contribution >= 0.6 is 11.6 Å². The minimum atomic E-state index is -4.18. The zero-order chi connectivity index (χ0) is 34.4. The lowest BCUT2D eigenvalue weighted by Crippen LogP contribution is -2.28. The molecule has 4 aromatic rings. The summed E-state index contributed by atoms with van der Waals surface area (Å²) in [6.07, 6.45) is 4.57. The van der Waals surface area contributed by atoms with E-state index < -0.39 is 27.7 Å². The zero-order valence-corrected chi connectivity index (χ0v) is 28.9. The van der Waals surface area contributed by atoms with E-state index in [-0.39, 0.29) is 17.9 Å². The van der Waals surface area contributed by atoms with Crippen LogP contribution in [0.4, 0.5) is 5.69 Å². The molecule has 0 saturated carbocycles. The number of carbonyl (C=O) groups is 2. The second-order valence-corrected chi connectivity index (χ2v) is 14.8. The van der Waals surface area contributed by atoms with E-state index in [0.717, 1.165) is 33.4 Å². The molecule has 0 bridgehead atoms. The first kappa shape index (κ1) is 35.6. The molecule has 9 heteroatoms. The van der Waals surface area contributed by atoms with Gasteiger partial charge in [-0.05, 0) is 77.8 Å². The molecule has 1 unspecified atom stereocenters. The predicted molar refractivity (Wildman–Crippen MR) is 192 cm³/mol. The number of benzene rings is 4. The molecule has 0 aliphatic carbocycles. The molecule has 0 saturated heterocycles. The van der Waals surface area contributed by atoms with Crippen LogP contribution in [-0.4, -0.2) is 37.1 Å². The maximum Gasteiger partial charge on any atom is 0.266 e. The fraction of sp³-hybridized carbons (Fsp3) is 0.263. The first-order valence-corrected chi connectivity index (χ1v) is 17.4. The van der Waals surface area contributed by atoms with Gasteiger partial charge in [-0.1, -0.05) is 111 Å². The van der Waals surface area contributed by atoms with Crippen LogP contribution in [0.15, 0.2) is 91.0 Å². The highest BCUT2D eigenvalue weighted by molar-refractivity contribution is 7.85. The van der Waals surface area contributed by atoms with Crippen LogP contribution in [0.5, 0.6) is 0 Å². The number of rotatable bonds is 11. The maximum atomic E-state index is 13.9. The first-order chi connectivity index (χ1) is 22.1. The third-order valence-corrected chi connectivity index (χ3v) is 8.67. The predicted octanol–water partition coefficient (Wildman–Crippen LogP) is 8.27. The van der Waals surface area contributed by atoms with Crippen molar-refractivity contribution < 1.29 is 22.6 Å². The Morgan fingerprint density at radius 1 is 0.894 bits per heavy atom. The minimum absolute atomic E-state index is 0.0374. The van der Waals surface area contributed by atoms with Crippen molar-refractivity contribution in [2.24, 2.45) is 5.41 Å². The normalized spacial score (nSPS) is 12.6. The summed E-state index contributed by atoms with van der Waals surface area (Å²) in [6, 6.07) is 26.4. The minimum Gasteiger partial charge on any atom is -0.351 e. The summed E-state index contributed by atoms with van der Waals surface area (Å²) in [5.41, 5.74) is 7.86. The number of halogens is 1. The molecular weight excluding hydrogens is 632 g/mol. The lowest BCUT2D eigenvalue weighted by molar-refractivity contribution is -0.117. The summed E-state index contributed by atoms with van der Waals surface area (Å²) in [4.78, 5) is 26.3. The monoisotopic (exact) mass is 672 g/mol. The highest BCUT2D eigenvalue weighted by atomic mass is 35.5. The number of carbonyl (C=O) groups excluding carboxylic acids is 2. The van der Waals surface area contributed by atoms with Crippen LogP contribution in [0.1, 0.15) is 64.9 Å². The molecule has 0 aliphatic heterocycles. The van der Waals surface area contributed by atoms with Crippen molar-refractivity contribution in [1.82, 2.24) is 5.32 Å². The fourth-order valence-electron chi connectivity index (χ4n) is 5.13. The first-order valence-electron chi connectivity index (χ1n) is 15.4. The van der Waals surface area contributed by atoms with E-state index in [1.807, 2.05) is 56.3 Å². The Balaban J connectivity index is 1.57. The van der Waals surface area contributed by atoms with E-state index in [2.05, 4.69) is 55.7 Å². The Hall–Kier alpha value is -4.24. The number of nitrogens with one attached hydrogen (secondary N) is 2. The molecule has 246 valence electrons. The van der Waals surface area contributed by atoms with Crippen molar-refractivity contribution in [3.63, 3.8) is 0 Å². The van der Waals surface area contributed by atoms with Gasteiger partial charge < -0.3 is 10.6 Å². The van der Waals surface area contributed by atoms with Crippen molar-refractivity contribution >= 4 is 45.3 Å². The summed E-state index contributed by atoms with van der Waals surface area (Å²) in [5.74, 6) is -1.79. The highest BCUT2D eigenvalue weighted by Gasteiger charge is 2.22. The summed E-state index contributed by atoms with van der Waals surface area (Å²) >= 11 is 6.73. The van der Waals surface area contributed by atoms with Crippen LogP contribution < -0.4 is 10.6 Å². The van der Waals surface area contributed by atoms with Gasteiger partial charge in [-0.3, -0.25) is 14.1 Å². The van der Waals surface area contributed by atoms with Crippen molar-refractivity contribution in [2.45, 2.75) is 47.0 Å². The smallest absolute Gasteiger partial charge is 0.266 e. The number of hydrogen-bond donors (Lipinski definition) is 3. The summed E-state index contributed by atoms with van der Waals surface area (Å²) in [5, 5.41) is 6.07. The Kier molecular flexibility index (Phi) is 11.4. The number of aryl methyl sites for hydroxylation is 2. The molecule has 0 aliphatic rings. The third kappa shape index (κ3) is 10.6. The van der Waals surface area contributed by atoms with E-state index >= 15 is 0 Å². The van der Waals surface area contributed by atoms with Crippen molar-refractivity contribution in [2.75, 3.05) is 17.6 Å². The van der Waals surface area contributed by atoms with Gasteiger partial charge in [0.15, 0.2) is 0 Å². The number of amides is 2. The summed E-state index contributed by atoms with van der Waals surface area (Å²) < 4.78 is 30.8. The van der Waals surface area contributed by atoms with Crippen LogP contribution in [-0.2, 0) is 21.3 Å². The Morgan fingerprint density at radius 2 is 1.55 bits per heavy atom. The molecular formula is C38H41ClN2O5S. The van der Waals surface area contributed by atoms with E-state index in [9.17, 15) is 18.0 Å². The van der Waals surface area contributed by atoms with Crippen LogP contribution in [0.3, 0.4) is 0 Å². The van der Waals surface area contributed by atoms with Crippen molar-refractivity contribution in [1.29, 1.82) is 0 Å². The van der Waals surface area contributed by atoms with Crippen LogP contribution in [0, 0.1) is 19.3 Å². The summed E-state index contributed by atoms with van der Waals surface area (Å²) in [6.45, 7) is 10.3. The van der Waals surface area contributed by atoms with E-state index in [0.29, 0.717) is 22.7 Å². The average Bonchev–Trinajstić information content (AvgIpc) is 2.99. The summed E-state index contributed by atoms with van der Waals surface area (Å²) in [7, 11) is -4.18. The topological polar surface area (TPSA) is 113 Å². The standard InChI is InChI=1S/C38H41ClN2O5S/c1-25-6-16-32(26(2)22-25)33-17-15-31(24-35(33)39)41-37(43)34(29-11-7-27(8-12-29)18-19-38(3,4)5)23-28-9-13-30(14-10-28)36(42)40-20-21-47(44,45)46/h6-19,22,24,34H,20-21,23H2,1-5H3,(H,40,42)(H,41,43)(H,44,45,46)/b19-18+. The largest absolute Gasteiger partial charge is 0.351 e. The second kappa shape index (κ2) is 15.1. The highest BCUT2D eigenvalue weighted by Crippen LogP contribution is 2.33. The van der Waals surface area contributed by atoms with Gasteiger partial charge in [-0.25, -0.2) is 0 Å². The van der Waals surface area contributed by atoms with Gasteiger partial charge in [0, 0.05) is 23.4 Å². The molecule has 7 nitrogen and oxygen atoms in total. The zero-order valence-electron chi connectivity index (χ0n) is 27.3. The SMILES string of the molecule is Cc1ccc(-c2ccc(NC(=O)C(Cc3ccc(C(=O)NCCS(=O)(=O)O)cc3)c3ccc(/C=C/C(C)(C)C)cc3)cc2Cl)c(C)c1. The fourth-order valence-corrected chi connectivity index (χ4v) is 5.77. The molecule has 0 spiro atoms. The van der Waals surface area contributed by atoms with Crippen molar-refractivity contribution in [3.05, 3.63) is 129 Å². The van der Waals surface area contributed by atoms with Gasteiger partial charge in [0.2, 0.25) is 5.91 Å². The van der Waals surface area contributed by atoms with Gasteiger partial charge in [0.1, 0.15) is 0 Å². The Bertz CT molecular complexity index is 1880. The molecule has 4 rings (SSSR count). The second-order valence-electron chi connectivity index (χ2n) is 12.9. The molecule has 1 atom stereocenters. The molecule has 0 radical (unpaired) electrons. The average molecular weight is 673 g/mol. The molecule has 47 heavy (non-hydrogen) atoms. The van der Waals surface area contributed by atoms with Gasteiger partial charge in [-0.2, -0.15) is 8.42 Å². The van der Waals surface area contributed by atoms with Crippen LogP contribution in [0.2, 0.25) is 5.02 Å². The molecule has 4 aromatic carbocycles. The van der Waals surface area contributed by atoms with E-state index in [1.54, 1.807) is 30.3 Å². The Morgan fingerprint density at radius 3 is 2.15 bits per heavy atom. The number of anilines is 1. The number of hydrogen-bond acceptors (Lipinski definition) is 4. The lowest BCUT2D eigenvalue weighted by atomic mass is 9.89. The molecule has 0 fully saturated rings. The Labute approximate surface area is 282 Å². The van der Waals surface area contributed by atoms with E-state index in [4.69, 9.17) is 16.2 Å². The molecule has 0 heterocycles. The van der Waals surface area contributed by atoms with Crippen molar-refractivity contribution in [3.8, 4) is 11.1 Å². The quantitative estimate of drug-likeness (QED) is 0.139. The maximum absolute atomic E-state index is 13.9. The van der Waals surface area contributed by atoms with Gasteiger partial charge in [0.05, 0.1) is 16.7 Å². The lowest BCUT2D eigenvalue weighted by Gasteiger charge is -2.19. The van der Waals surface area contributed by atoms with Gasteiger partial charge in [0.25, 0.3) is 16.0 Å². The molecule has 3 N–H and O–H groups in total. The molecule has 0 aromatic heterocycles. The van der Waals surface area contributed by atoms with E-state index in [1.165, 1.54) is 5.56 Å².